The van der Waals surface area contributed by atoms with Gasteiger partial charge in [0.1, 0.15) is 0 Å². The van der Waals surface area contributed by atoms with Crippen molar-refractivity contribution in [3.63, 3.8) is 0 Å². The summed E-state index contributed by atoms with van der Waals surface area (Å²) < 4.78 is 5.44. The minimum Gasteiger partial charge on any atom is -0.381 e. The summed E-state index contributed by atoms with van der Waals surface area (Å²) in [4.78, 5) is 0. The molecule has 1 N–H and O–H groups in total. The van der Waals surface area contributed by atoms with Gasteiger partial charge in [0, 0.05) is 19.3 Å². The van der Waals surface area contributed by atoms with E-state index in [9.17, 15) is 0 Å². The Kier molecular flexibility index (Phi) is 4.19. The van der Waals surface area contributed by atoms with Crippen molar-refractivity contribution in [1.29, 1.82) is 0 Å². The fourth-order valence-electron chi connectivity index (χ4n) is 3.49. The maximum Gasteiger partial charge on any atom is 0.0495 e. The first-order chi connectivity index (χ1) is 9.34. The Labute approximate surface area is 116 Å². The van der Waals surface area contributed by atoms with Crippen LogP contribution < -0.4 is 5.32 Å². The van der Waals surface area contributed by atoms with Crippen LogP contribution in [0.25, 0.3) is 0 Å². The van der Waals surface area contributed by atoms with Crippen molar-refractivity contribution < 1.29 is 4.74 Å². The molecule has 2 nitrogen and oxygen atoms in total. The quantitative estimate of drug-likeness (QED) is 0.891. The van der Waals surface area contributed by atoms with Gasteiger partial charge in [-0.25, -0.2) is 0 Å². The van der Waals surface area contributed by atoms with Gasteiger partial charge < -0.3 is 10.1 Å². The molecule has 3 rings (SSSR count). The number of hydrogen-bond acceptors (Lipinski definition) is 2. The van der Waals surface area contributed by atoms with Gasteiger partial charge in [0.05, 0.1) is 0 Å². The number of benzene rings is 1. The third-order valence-electron chi connectivity index (χ3n) is 4.76. The van der Waals surface area contributed by atoms with Crippen LogP contribution in [0.4, 0.5) is 0 Å². The van der Waals surface area contributed by atoms with Crippen LogP contribution in [-0.4, -0.2) is 19.8 Å². The van der Waals surface area contributed by atoms with Gasteiger partial charge in [-0.05, 0) is 55.2 Å². The molecular weight excluding hydrogens is 234 g/mol. The highest BCUT2D eigenvalue weighted by molar-refractivity contribution is 5.34. The number of fused-ring (bicyclic) bond motifs is 1. The second-order valence-corrected chi connectivity index (χ2v) is 6.13. The zero-order valence-electron chi connectivity index (χ0n) is 11.9. The van der Waals surface area contributed by atoms with Crippen molar-refractivity contribution in [3.8, 4) is 0 Å². The van der Waals surface area contributed by atoms with Crippen molar-refractivity contribution in [1.82, 2.24) is 5.32 Å². The van der Waals surface area contributed by atoms with E-state index in [0.717, 1.165) is 31.6 Å². The zero-order valence-corrected chi connectivity index (χ0v) is 11.9. The summed E-state index contributed by atoms with van der Waals surface area (Å²) in [5.41, 5.74) is 3.08. The van der Waals surface area contributed by atoms with Gasteiger partial charge in [0.15, 0.2) is 0 Å². The Morgan fingerprint density at radius 1 is 1.16 bits per heavy atom. The molecule has 1 aliphatic carbocycles. The van der Waals surface area contributed by atoms with Gasteiger partial charge in [0.2, 0.25) is 0 Å². The Balaban J connectivity index is 1.58. The van der Waals surface area contributed by atoms with Crippen LogP contribution in [0, 0.1) is 5.92 Å². The summed E-state index contributed by atoms with van der Waals surface area (Å²) >= 11 is 0. The topological polar surface area (TPSA) is 21.3 Å². The van der Waals surface area contributed by atoms with E-state index in [1.165, 1.54) is 31.2 Å². The minimum atomic E-state index is 0.565. The van der Waals surface area contributed by atoms with E-state index in [1.54, 1.807) is 5.56 Å². The molecule has 1 heterocycles. The van der Waals surface area contributed by atoms with E-state index in [2.05, 4.69) is 36.5 Å². The van der Waals surface area contributed by atoms with Crippen molar-refractivity contribution in [3.05, 3.63) is 35.4 Å². The van der Waals surface area contributed by atoms with E-state index in [4.69, 9.17) is 4.74 Å². The van der Waals surface area contributed by atoms with Crippen LogP contribution in [0.5, 0.6) is 0 Å². The van der Waals surface area contributed by atoms with Crippen LogP contribution >= 0.6 is 0 Å². The van der Waals surface area contributed by atoms with Gasteiger partial charge in [-0.2, -0.15) is 0 Å². The molecule has 0 radical (unpaired) electrons. The van der Waals surface area contributed by atoms with E-state index in [0.29, 0.717) is 6.04 Å². The molecule has 1 saturated heterocycles. The molecule has 0 aromatic heterocycles. The summed E-state index contributed by atoms with van der Waals surface area (Å²) in [5, 5.41) is 3.77. The normalized spacial score (nSPS) is 30.3. The molecule has 19 heavy (non-hydrogen) atoms. The van der Waals surface area contributed by atoms with E-state index >= 15 is 0 Å². The lowest BCUT2D eigenvalue weighted by molar-refractivity contribution is 0.184. The highest BCUT2D eigenvalue weighted by Gasteiger charge is 2.24. The van der Waals surface area contributed by atoms with Gasteiger partial charge in [-0.1, -0.05) is 31.2 Å². The molecule has 3 unspecified atom stereocenters. The summed E-state index contributed by atoms with van der Waals surface area (Å²) in [6.45, 7) is 5.42. The highest BCUT2D eigenvalue weighted by atomic mass is 16.5. The van der Waals surface area contributed by atoms with E-state index in [-0.39, 0.29) is 0 Å². The van der Waals surface area contributed by atoms with Crippen molar-refractivity contribution in [2.45, 2.75) is 44.6 Å². The molecule has 3 atom stereocenters. The highest BCUT2D eigenvalue weighted by Crippen LogP contribution is 2.36. The molecule has 2 aliphatic rings. The Hall–Kier alpha value is -0.860. The standard InChI is InChI=1S/C17H25NO/c1-13-6-7-17(16-5-3-2-4-15(13)16)18-10-8-14-9-11-19-12-14/h2-5,13-14,17-18H,6-12H2,1H3. The molecule has 1 aliphatic heterocycles. The predicted octanol–water partition coefficient (Wildman–Crippen LogP) is 3.64. The lowest BCUT2D eigenvalue weighted by atomic mass is 9.81. The molecule has 0 saturated carbocycles. The Morgan fingerprint density at radius 2 is 2.00 bits per heavy atom. The van der Waals surface area contributed by atoms with Gasteiger partial charge >= 0.3 is 0 Å². The third kappa shape index (κ3) is 3.01. The van der Waals surface area contributed by atoms with Gasteiger partial charge in [-0.15, -0.1) is 0 Å². The van der Waals surface area contributed by atoms with Crippen LogP contribution in [0.2, 0.25) is 0 Å². The van der Waals surface area contributed by atoms with E-state index in [1.807, 2.05) is 0 Å². The van der Waals surface area contributed by atoms with Gasteiger partial charge in [0.25, 0.3) is 0 Å². The minimum absolute atomic E-state index is 0.565. The molecular formula is C17H25NO. The summed E-state index contributed by atoms with van der Waals surface area (Å²) in [7, 11) is 0. The molecule has 2 heteroatoms. The first-order valence-corrected chi connectivity index (χ1v) is 7.74. The third-order valence-corrected chi connectivity index (χ3v) is 4.76. The van der Waals surface area contributed by atoms with Crippen LogP contribution in [-0.2, 0) is 4.74 Å². The van der Waals surface area contributed by atoms with Crippen molar-refractivity contribution >= 4 is 0 Å². The van der Waals surface area contributed by atoms with Crippen LogP contribution in [0.3, 0.4) is 0 Å². The Morgan fingerprint density at radius 3 is 2.79 bits per heavy atom. The fourth-order valence-corrected chi connectivity index (χ4v) is 3.49. The van der Waals surface area contributed by atoms with Crippen molar-refractivity contribution in [2.75, 3.05) is 19.8 Å². The molecule has 0 spiro atoms. The first-order valence-electron chi connectivity index (χ1n) is 7.74. The van der Waals surface area contributed by atoms with Crippen LogP contribution in [0.1, 0.15) is 55.7 Å². The van der Waals surface area contributed by atoms with Crippen LogP contribution in [0.15, 0.2) is 24.3 Å². The van der Waals surface area contributed by atoms with E-state index < -0.39 is 0 Å². The fraction of sp³-hybridized carbons (Fsp3) is 0.647. The van der Waals surface area contributed by atoms with Gasteiger partial charge in [-0.3, -0.25) is 0 Å². The molecule has 104 valence electrons. The second kappa shape index (κ2) is 6.06. The maximum atomic E-state index is 5.44. The average Bonchev–Trinajstić information content (AvgIpc) is 2.95. The number of nitrogens with one attached hydrogen (secondary N) is 1. The van der Waals surface area contributed by atoms with Crippen molar-refractivity contribution in [2.24, 2.45) is 5.92 Å². The largest absolute Gasteiger partial charge is 0.381 e. The predicted molar refractivity (Wildman–Crippen MR) is 78.4 cm³/mol. The first kappa shape index (κ1) is 13.1. The molecule has 1 aromatic rings. The SMILES string of the molecule is CC1CCC(NCCC2CCOC2)c2ccccc21. The zero-order chi connectivity index (χ0) is 13.1. The maximum absolute atomic E-state index is 5.44. The molecule has 0 amide bonds. The molecule has 0 bridgehead atoms. The molecule has 1 aromatic carbocycles. The Bertz CT molecular complexity index is 411. The lowest BCUT2D eigenvalue weighted by Crippen LogP contribution is -2.28. The molecule has 1 fully saturated rings. The monoisotopic (exact) mass is 259 g/mol. The summed E-state index contributed by atoms with van der Waals surface area (Å²) in [5.74, 6) is 1.50. The average molecular weight is 259 g/mol. The number of ether oxygens (including phenoxy) is 1. The lowest BCUT2D eigenvalue weighted by Gasteiger charge is -2.30. The number of hydrogen-bond donors (Lipinski definition) is 1. The summed E-state index contributed by atoms with van der Waals surface area (Å²) in [6, 6.07) is 9.53. The number of rotatable bonds is 4. The second-order valence-electron chi connectivity index (χ2n) is 6.13. The smallest absolute Gasteiger partial charge is 0.0495 e. The summed E-state index contributed by atoms with van der Waals surface area (Å²) in [6.07, 6.45) is 5.09.